The van der Waals surface area contributed by atoms with Crippen LogP contribution in [0.15, 0.2) is 62.6 Å². The van der Waals surface area contributed by atoms with Gasteiger partial charge in [0.25, 0.3) is 0 Å². The Kier molecular flexibility index (Phi) is 4.27. The third-order valence-corrected chi connectivity index (χ3v) is 8.30. The molecule has 0 amide bonds. The summed E-state index contributed by atoms with van der Waals surface area (Å²) in [5, 5.41) is 3.89. The molecule has 3 heteroatoms. The van der Waals surface area contributed by atoms with E-state index in [1.165, 1.54) is 31.6 Å². The fourth-order valence-electron chi connectivity index (χ4n) is 3.95. The topological polar surface area (TPSA) is 0 Å². The van der Waals surface area contributed by atoms with Crippen molar-refractivity contribution in [2.75, 3.05) is 0 Å². The highest BCUT2D eigenvalue weighted by Crippen LogP contribution is 2.51. The summed E-state index contributed by atoms with van der Waals surface area (Å²) in [4.78, 5) is 1.42. The van der Waals surface area contributed by atoms with Gasteiger partial charge in [-0.25, -0.2) is 0 Å². The molecule has 0 fully saturated rings. The zero-order valence-corrected chi connectivity index (χ0v) is 17.6. The van der Waals surface area contributed by atoms with Crippen LogP contribution >= 0.6 is 27.3 Å². The Balaban J connectivity index is 1.90. The van der Waals surface area contributed by atoms with Gasteiger partial charge in [0.05, 0.1) is 8.80 Å². The molecule has 121 valence electrons. The molecule has 1 aromatic carbocycles. The third kappa shape index (κ3) is 2.54. The molecule has 24 heavy (non-hydrogen) atoms. The van der Waals surface area contributed by atoms with Gasteiger partial charge in [0.1, 0.15) is 0 Å². The SMILES string of the molecule is CC1=Cc2c(Br)cccc2C1C1=C([Si](C)C)CC=C1c1cccs1. The molecule has 1 heterocycles. The van der Waals surface area contributed by atoms with Gasteiger partial charge < -0.3 is 0 Å². The van der Waals surface area contributed by atoms with E-state index in [0.717, 1.165) is 6.42 Å². The molecule has 1 aromatic heterocycles. The summed E-state index contributed by atoms with van der Waals surface area (Å²) in [5.41, 5.74) is 7.38. The Morgan fingerprint density at radius 2 is 2.00 bits per heavy atom. The van der Waals surface area contributed by atoms with Crippen LogP contribution in [-0.4, -0.2) is 8.80 Å². The summed E-state index contributed by atoms with van der Waals surface area (Å²) in [6.07, 6.45) is 5.98. The number of hydrogen-bond donors (Lipinski definition) is 0. The fraction of sp³-hybridized carbons (Fsp3) is 0.238. The Bertz CT molecular complexity index is 885. The zero-order valence-electron chi connectivity index (χ0n) is 14.2. The highest BCUT2D eigenvalue weighted by atomic mass is 79.9. The van der Waals surface area contributed by atoms with E-state index in [2.05, 4.69) is 83.8 Å². The van der Waals surface area contributed by atoms with E-state index in [0.29, 0.717) is 5.92 Å². The number of halogens is 1. The van der Waals surface area contributed by atoms with Gasteiger partial charge in [-0.1, -0.05) is 70.1 Å². The van der Waals surface area contributed by atoms with Crippen molar-refractivity contribution in [2.24, 2.45) is 0 Å². The molecule has 1 atom stereocenters. The molecule has 0 aliphatic heterocycles. The number of benzene rings is 1. The van der Waals surface area contributed by atoms with Crippen LogP contribution in [0.2, 0.25) is 13.1 Å². The molecule has 2 aliphatic carbocycles. The molecule has 1 radical (unpaired) electrons. The minimum absolute atomic E-state index is 0.420. The molecule has 0 N–H and O–H groups in total. The van der Waals surface area contributed by atoms with Crippen LogP contribution in [-0.2, 0) is 0 Å². The number of rotatable bonds is 3. The van der Waals surface area contributed by atoms with E-state index in [9.17, 15) is 0 Å². The number of hydrogen-bond acceptors (Lipinski definition) is 1. The molecular formula is C21H20BrSSi. The van der Waals surface area contributed by atoms with Crippen LogP contribution in [0, 0.1) is 0 Å². The summed E-state index contributed by atoms with van der Waals surface area (Å²) >= 11 is 5.60. The van der Waals surface area contributed by atoms with Gasteiger partial charge in [-0.15, -0.1) is 11.3 Å². The highest BCUT2D eigenvalue weighted by Gasteiger charge is 2.34. The minimum Gasteiger partial charge on any atom is -0.144 e. The number of fused-ring (bicyclic) bond motifs is 1. The molecule has 0 spiro atoms. The van der Waals surface area contributed by atoms with E-state index in [-0.39, 0.29) is 0 Å². The van der Waals surface area contributed by atoms with E-state index >= 15 is 0 Å². The molecule has 0 saturated heterocycles. The van der Waals surface area contributed by atoms with Crippen LogP contribution in [0.1, 0.15) is 35.3 Å². The zero-order chi connectivity index (χ0) is 16.8. The van der Waals surface area contributed by atoms with Crippen LogP contribution < -0.4 is 0 Å². The first-order valence-corrected chi connectivity index (χ1v) is 12.5. The van der Waals surface area contributed by atoms with Crippen LogP contribution in [0.3, 0.4) is 0 Å². The smallest absolute Gasteiger partial charge is 0.0745 e. The van der Waals surface area contributed by atoms with Crippen LogP contribution in [0.4, 0.5) is 0 Å². The fourth-order valence-corrected chi connectivity index (χ4v) is 6.56. The van der Waals surface area contributed by atoms with Crippen molar-refractivity contribution in [1.29, 1.82) is 0 Å². The normalized spacial score (nSPS) is 19.8. The average molecular weight is 412 g/mol. The summed E-state index contributed by atoms with van der Waals surface area (Å²) in [5.74, 6) is 0.420. The van der Waals surface area contributed by atoms with Crippen molar-refractivity contribution in [3.63, 3.8) is 0 Å². The molecule has 0 saturated carbocycles. The Morgan fingerprint density at radius 1 is 1.17 bits per heavy atom. The number of thiophene rings is 1. The Morgan fingerprint density at radius 3 is 2.71 bits per heavy atom. The molecule has 4 rings (SSSR count). The van der Waals surface area contributed by atoms with E-state index < -0.39 is 8.80 Å². The second kappa shape index (κ2) is 6.29. The molecule has 0 bridgehead atoms. The van der Waals surface area contributed by atoms with Gasteiger partial charge >= 0.3 is 0 Å². The van der Waals surface area contributed by atoms with E-state index in [1.54, 1.807) is 10.8 Å². The van der Waals surface area contributed by atoms with Gasteiger partial charge in [-0.2, -0.15) is 0 Å². The van der Waals surface area contributed by atoms with Crippen LogP contribution in [0.25, 0.3) is 11.6 Å². The lowest BCUT2D eigenvalue weighted by molar-refractivity contribution is 0.976. The average Bonchev–Trinajstić information content (AvgIpc) is 3.23. The van der Waals surface area contributed by atoms with Gasteiger partial charge in [-0.05, 0) is 53.1 Å². The van der Waals surface area contributed by atoms with Crippen molar-refractivity contribution in [1.82, 2.24) is 0 Å². The first-order valence-electron chi connectivity index (χ1n) is 8.32. The minimum atomic E-state index is -0.461. The Hall–Kier alpha value is -1.16. The largest absolute Gasteiger partial charge is 0.144 e. The van der Waals surface area contributed by atoms with Gasteiger partial charge in [0.15, 0.2) is 0 Å². The monoisotopic (exact) mass is 411 g/mol. The summed E-state index contributed by atoms with van der Waals surface area (Å²) in [7, 11) is -0.461. The van der Waals surface area contributed by atoms with Crippen molar-refractivity contribution >= 4 is 47.7 Å². The van der Waals surface area contributed by atoms with Gasteiger partial charge in [0, 0.05) is 15.3 Å². The van der Waals surface area contributed by atoms with Gasteiger partial charge in [-0.3, -0.25) is 0 Å². The predicted octanol–water partition coefficient (Wildman–Crippen LogP) is 7.09. The van der Waals surface area contributed by atoms with Gasteiger partial charge in [0.2, 0.25) is 0 Å². The molecule has 2 aliphatic rings. The quantitative estimate of drug-likeness (QED) is 0.472. The lowest BCUT2D eigenvalue weighted by atomic mass is 9.85. The second-order valence-corrected chi connectivity index (χ2v) is 11.2. The highest BCUT2D eigenvalue weighted by molar-refractivity contribution is 9.10. The molecule has 1 unspecified atom stereocenters. The Labute approximate surface area is 158 Å². The van der Waals surface area contributed by atoms with Crippen molar-refractivity contribution in [3.8, 4) is 0 Å². The first kappa shape index (κ1) is 16.3. The van der Waals surface area contributed by atoms with Crippen LogP contribution in [0.5, 0.6) is 0 Å². The third-order valence-electron chi connectivity index (χ3n) is 5.03. The van der Waals surface area contributed by atoms with E-state index in [4.69, 9.17) is 0 Å². The van der Waals surface area contributed by atoms with Crippen molar-refractivity contribution in [3.05, 3.63) is 78.6 Å². The first-order chi connectivity index (χ1) is 11.6. The van der Waals surface area contributed by atoms with E-state index in [1.807, 2.05) is 11.3 Å². The lowest BCUT2D eigenvalue weighted by Crippen LogP contribution is -2.11. The summed E-state index contributed by atoms with van der Waals surface area (Å²) < 4.78 is 1.21. The maximum Gasteiger partial charge on any atom is 0.0745 e. The van der Waals surface area contributed by atoms with Crippen molar-refractivity contribution in [2.45, 2.75) is 32.4 Å². The maximum atomic E-state index is 3.74. The summed E-state index contributed by atoms with van der Waals surface area (Å²) in [6.45, 7) is 7.16. The number of allylic oxidation sites excluding steroid dienone is 5. The molecular weight excluding hydrogens is 392 g/mol. The standard InChI is InChI=1S/C21H20BrSSi/c1-13-12-16-14(6-4-7-17(16)22)20(13)21-15(18-8-5-11-23-18)9-10-19(21)24(2)3/h4-9,11-12,20H,10H2,1-3H3. The maximum absolute atomic E-state index is 3.74. The van der Waals surface area contributed by atoms with Crippen molar-refractivity contribution < 1.29 is 0 Å². The second-order valence-electron chi connectivity index (χ2n) is 6.76. The predicted molar refractivity (Wildman–Crippen MR) is 112 cm³/mol. The molecule has 2 aromatic rings. The summed E-state index contributed by atoms with van der Waals surface area (Å²) in [6, 6.07) is 11.1. The lowest BCUT2D eigenvalue weighted by Gasteiger charge is -2.23. The molecule has 0 nitrogen and oxygen atoms in total.